The molecule has 0 bridgehead atoms. The standard InChI is InChI=1S/C16H21N7O2S/c1-9-10(2)23(7-11-4-3-5-25-11)14(12(9)6-17)19-13(24)8-26-16-20-15(18)21-22-16/h11H,3-5,7-8H2,1-2H3,(H,19,24)(H3,18,20,21,22)/t11-/m0/s1. The van der Waals surface area contributed by atoms with Crippen LogP contribution in [-0.4, -0.2) is 44.1 Å². The zero-order valence-electron chi connectivity index (χ0n) is 14.7. The Kier molecular flexibility index (Phi) is 5.49. The first-order chi connectivity index (χ1) is 12.5. The Morgan fingerprint density at radius 1 is 1.58 bits per heavy atom. The number of anilines is 2. The fraction of sp³-hybridized carbons (Fsp3) is 0.500. The van der Waals surface area contributed by atoms with Gasteiger partial charge in [0.25, 0.3) is 0 Å². The molecule has 0 spiro atoms. The molecule has 1 saturated heterocycles. The summed E-state index contributed by atoms with van der Waals surface area (Å²) in [6, 6.07) is 2.20. The highest BCUT2D eigenvalue weighted by Gasteiger charge is 2.24. The molecule has 1 atom stereocenters. The summed E-state index contributed by atoms with van der Waals surface area (Å²) in [6.07, 6.45) is 2.12. The maximum absolute atomic E-state index is 12.4. The van der Waals surface area contributed by atoms with Gasteiger partial charge in [-0.1, -0.05) is 11.8 Å². The van der Waals surface area contributed by atoms with Crippen molar-refractivity contribution in [1.82, 2.24) is 19.7 Å². The lowest BCUT2D eigenvalue weighted by molar-refractivity contribution is -0.113. The molecule has 0 unspecified atom stereocenters. The van der Waals surface area contributed by atoms with Crippen LogP contribution in [0.1, 0.15) is 29.7 Å². The molecule has 3 rings (SSSR count). The predicted molar refractivity (Wildman–Crippen MR) is 97.7 cm³/mol. The van der Waals surface area contributed by atoms with Crippen molar-refractivity contribution in [3.8, 4) is 6.07 Å². The molecule has 2 aromatic heterocycles. The highest BCUT2D eigenvalue weighted by molar-refractivity contribution is 7.99. The van der Waals surface area contributed by atoms with Gasteiger partial charge < -0.3 is 20.4 Å². The molecule has 26 heavy (non-hydrogen) atoms. The summed E-state index contributed by atoms with van der Waals surface area (Å²) in [5.74, 6) is 0.612. The highest BCUT2D eigenvalue weighted by Crippen LogP contribution is 2.28. The third kappa shape index (κ3) is 3.84. The average Bonchev–Trinajstić information content (AvgIpc) is 3.32. The highest BCUT2D eigenvalue weighted by atomic mass is 32.2. The monoisotopic (exact) mass is 375 g/mol. The van der Waals surface area contributed by atoms with Crippen molar-refractivity contribution in [3.63, 3.8) is 0 Å². The molecule has 0 aliphatic carbocycles. The number of aromatic amines is 1. The first-order valence-electron chi connectivity index (χ1n) is 8.31. The average molecular weight is 375 g/mol. The molecule has 138 valence electrons. The van der Waals surface area contributed by atoms with Crippen molar-refractivity contribution in [2.45, 2.75) is 44.5 Å². The molecule has 9 nitrogen and oxygen atoms in total. The van der Waals surface area contributed by atoms with Crippen LogP contribution in [0.15, 0.2) is 5.16 Å². The van der Waals surface area contributed by atoms with E-state index in [2.05, 4.69) is 26.6 Å². The van der Waals surface area contributed by atoms with Crippen LogP contribution in [-0.2, 0) is 16.1 Å². The Balaban J connectivity index is 1.75. The topological polar surface area (TPSA) is 135 Å². The van der Waals surface area contributed by atoms with Gasteiger partial charge >= 0.3 is 0 Å². The fourth-order valence-electron chi connectivity index (χ4n) is 2.97. The lowest BCUT2D eigenvalue weighted by Crippen LogP contribution is -2.22. The van der Waals surface area contributed by atoms with Crippen molar-refractivity contribution in [2.24, 2.45) is 0 Å². The number of ether oxygens (including phenoxy) is 1. The van der Waals surface area contributed by atoms with Crippen LogP contribution in [0.25, 0.3) is 0 Å². The van der Waals surface area contributed by atoms with Crippen LogP contribution >= 0.6 is 11.8 Å². The molecule has 1 aliphatic rings. The van der Waals surface area contributed by atoms with E-state index in [1.165, 1.54) is 11.8 Å². The summed E-state index contributed by atoms with van der Waals surface area (Å²) in [5.41, 5.74) is 7.79. The number of hydrogen-bond donors (Lipinski definition) is 3. The van der Waals surface area contributed by atoms with E-state index in [1.807, 2.05) is 18.4 Å². The van der Waals surface area contributed by atoms with E-state index in [0.717, 1.165) is 30.7 Å². The SMILES string of the molecule is Cc1c(C#N)c(NC(=O)CSc2n[nH]c(N)n2)n(C[C@@H]2CCCO2)c1C. The van der Waals surface area contributed by atoms with Crippen LogP contribution in [0, 0.1) is 25.2 Å². The second-order valence-corrected chi connectivity index (χ2v) is 7.07. The number of nitrogens with two attached hydrogens (primary N) is 1. The van der Waals surface area contributed by atoms with E-state index in [-0.39, 0.29) is 23.7 Å². The van der Waals surface area contributed by atoms with Gasteiger partial charge in [-0.2, -0.15) is 10.2 Å². The third-order valence-corrected chi connectivity index (χ3v) is 5.27. The second-order valence-electron chi connectivity index (χ2n) is 6.13. The third-order valence-electron chi connectivity index (χ3n) is 4.42. The predicted octanol–water partition coefficient (Wildman–Crippen LogP) is 1.59. The molecular weight excluding hydrogens is 354 g/mol. The number of carbonyl (C=O) groups is 1. The Morgan fingerprint density at radius 2 is 2.38 bits per heavy atom. The van der Waals surface area contributed by atoms with Gasteiger partial charge in [0.05, 0.1) is 24.0 Å². The van der Waals surface area contributed by atoms with Gasteiger partial charge in [0.1, 0.15) is 11.9 Å². The van der Waals surface area contributed by atoms with Crippen LogP contribution in [0.4, 0.5) is 11.8 Å². The molecule has 1 fully saturated rings. The molecule has 3 heterocycles. The van der Waals surface area contributed by atoms with Gasteiger partial charge in [0, 0.05) is 12.3 Å². The van der Waals surface area contributed by atoms with Crippen molar-refractivity contribution < 1.29 is 9.53 Å². The van der Waals surface area contributed by atoms with E-state index in [4.69, 9.17) is 10.5 Å². The molecule has 0 saturated carbocycles. The first-order valence-corrected chi connectivity index (χ1v) is 9.30. The van der Waals surface area contributed by atoms with E-state index in [0.29, 0.717) is 23.1 Å². The number of rotatable bonds is 6. The molecule has 1 aliphatic heterocycles. The minimum Gasteiger partial charge on any atom is -0.376 e. The van der Waals surface area contributed by atoms with Crippen molar-refractivity contribution in [1.29, 1.82) is 5.26 Å². The Labute approximate surface area is 155 Å². The van der Waals surface area contributed by atoms with Gasteiger partial charge in [-0.3, -0.25) is 4.79 Å². The summed E-state index contributed by atoms with van der Waals surface area (Å²) in [7, 11) is 0. The number of nitrogens with zero attached hydrogens (tertiary/aromatic N) is 4. The minimum atomic E-state index is -0.235. The van der Waals surface area contributed by atoms with Crippen LogP contribution < -0.4 is 11.1 Å². The first kappa shape index (κ1) is 18.3. The van der Waals surface area contributed by atoms with Gasteiger partial charge in [-0.15, -0.1) is 5.10 Å². The number of aromatic nitrogens is 4. The minimum absolute atomic E-state index is 0.105. The summed E-state index contributed by atoms with van der Waals surface area (Å²) < 4.78 is 7.68. The Hall–Kier alpha value is -2.51. The Bertz CT molecular complexity index is 846. The molecule has 4 N–H and O–H groups in total. The number of carbonyl (C=O) groups excluding carboxylic acids is 1. The number of thioether (sulfide) groups is 1. The molecular formula is C16H21N7O2S. The van der Waals surface area contributed by atoms with Crippen molar-refractivity contribution in [3.05, 3.63) is 16.8 Å². The van der Waals surface area contributed by atoms with Gasteiger partial charge in [0.15, 0.2) is 0 Å². The van der Waals surface area contributed by atoms with Gasteiger partial charge in [-0.05, 0) is 32.3 Å². The van der Waals surface area contributed by atoms with Gasteiger partial charge in [-0.25, -0.2) is 5.10 Å². The zero-order valence-corrected chi connectivity index (χ0v) is 15.5. The molecule has 10 heteroatoms. The summed E-state index contributed by atoms with van der Waals surface area (Å²) in [6.45, 7) is 5.22. The molecule has 1 amide bonds. The van der Waals surface area contributed by atoms with Crippen LogP contribution in [0.5, 0.6) is 0 Å². The van der Waals surface area contributed by atoms with E-state index < -0.39 is 0 Å². The molecule has 2 aromatic rings. The number of nitrogens with one attached hydrogen (secondary N) is 2. The number of amides is 1. The number of hydrogen-bond acceptors (Lipinski definition) is 7. The fourth-order valence-corrected chi connectivity index (χ4v) is 3.58. The summed E-state index contributed by atoms with van der Waals surface area (Å²) >= 11 is 1.17. The summed E-state index contributed by atoms with van der Waals surface area (Å²) in [5, 5.41) is 19.2. The van der Waals surface area contributed by atoms with Crippen molar-refractivity contribution in [2.75, 3.05) is 23.4 Å². The lowest BCUT2D eigenvalue weighted by atomic mass is 10.2. The zero-order chi connectivity index (χ0) is 18.7. The van der Waals surface area contributed by atoms with E-state index in [1.54, 1.807) is 0 Å². The molecule has 0 aromatic carbocycles. The van der Waals surface area contributed by atoms with Gasteiger partial charge in [0.2, 0.25) is 17.0 Å². The summed E-state index contributed by atoms with van der Waals surface area (Å²) in [4.78, 5) is 16.3. The lowest BCUT2D eigenvalue weighted by Gasteiger charge is -2.16. The largest absolute Gasteiger partial charge is 0.376 e. The number of nitriles is 1. The Morgan fingerprint density at radius 3 is 3.00 bits per heavy atom. The molecule has 0 radical (unpaired) electrons. The number of H-pyrrole nitrogens is 1. The maximum Gasteiger partial charge on any atom is 0.235 e. The van der Waals surface area contributed by atoms with Crippen LogP contribution in [0.2, 0.25) is 0 Å². The van der Waals surface area contributed by atoms with E-state index >= 15 is 0 Å². The van der Waals surface area contributed by atoms with Crippen molar-refractivity contribution >= 4 is 29.4 Å². The van der Waals surface area contributed by atoms with E-state index in [9.17, 15) is 10.1 Å². The second kappa shape index (κ2) is 7.80. The van der Waals surface area contributed by atoms with Crippen LogP contribution in [0.3, 0.4) is 0 Å². The quantitative estimate of drug-likeness (QED) is 0.652. The maximum atomic E-state index is 12.4. The number of nitrogen functional groups attached to an aromatic ring is 1. The smallest absolute Gasteiger partial charge is 0.235 e. The normalized spacial score (nSPS) is 16.6.